The number of nitrogens with one attached hydrogen (secondary N) is 1. The highest BCUT2D eigenvalue weighted by molar-refractivity contribution is 7.99. The maximum Gasteiger partial charge on any atom is 0.284 e. The molecule has 0 aliphatic heterocycles. The van der Waals surface area contributed by atoms with Gasteiger partial charge in [0.25, 0.3) is 5.69 Å². The van der Waals surface area contributed by atoms with Crippen molar-refractivity contribution in [3.63, 3.8) is 0 Å². The number of hydrogen-bond donors (Lipinski definition) is 1. The van der Waals surface area contributed by atoms with E-state index in [1.807, 2.05) is 30.3 Å². The van der Waals surface area contributed by atoms with Gasteiger partial charge >= 0.3 is 0 Å². The van der Waals surface area contributed by atoms with E-state index in [1.54, 1.807) is 32.4 Å². The fraction of sp³-hybridized carbons (Fsp3) is 0.300. The van der Waals surface area contributed by atoms with Gasteiger partial charge in [0.2, 0.25) is 10.0 Å². The quantitative estimate of drug-likeness (QED) is 0.422. The molecule has 3 rings (SSSR count). The Kier molecular flexibility index (Phi) is 6.48. The number of sulfonamides is 1. The third-order valence-electron chi connectivity index (χ3n) is 4.21. The zero-order valence-electron chi connectivity index (χ0n) is 17.6. The van der Waals surface area contributed by atoms with Gasteiger partial charge in [0.15, 0.2) is 5.16 Å². The highest BCUT2D eigenvalue weighted by Crippen LogP contribution is 2.35. The van der Waals surface area contributed by atoms with E-state index in [4.69, 9.17) is 0 Å². The van der Waals surface area contributed by atoms with Crippen molar-refractivity contribution < 1.29 is 13.3 Å². The van der Waals surface area contributed by atoms with Crippen LogP contribution in [0.1, 0.15) is 32.2 Å². The normalized spacial score (nSPS) is 12.1. The molecule has 0 radical (unpaired) electrons. The minimum absolute atomic E-state index is 0.166. The lowest BCUT2D eigenvalue weighted by atomic mass is 10.1. The average Bonchev–Trinajstić information content (AvgIpc) is 3.00. The van der Waals surface area contributed by atoms with Crippen LogP contribution in [0.2, 0.25) is 0 Å². The molecule has 0 saturated heterocycles. The zero-order valence-corrected chi connectivity index (χ0v) is 19.2. The SMILES string of the molecule is Cn1c(Cc2ccccc2)nnc1Sc1ccc(S(=O)(=O)NC(C)(C)C)cc1[N+](=O)[O-]. The van der Waals surface area contributed by atoms with Gasteiger partial charge in [-0.25, -0.2) is 13.1 Å². The van der Waals surface area contributed by atoms with Crippen LogP contribution in [0.4, 0.5) is 5.69 Å². The second kappa shape index (κ2) is 8.77. The van der Waals surface area contributed by atoms with Crippen molar-refractivity contribution in [2.75, 3.05) is 0 Å². The summed E-state index contributed by atoms with van der Waals surface area (Å²) in [4.78, 5) is 11.2. The Morgan fingerprint density at radius 3 is 2.42 bits per heavy atom. The fourth-order valence-corrected chi connectivity index (χ4v) is 5.15. The number of aromatic nitrogens is 3. The van der Waals surface area contributed by atoms with Crippen molar-refractivity contribution in [1.82, 2.24) is 19.5 Å². The molecule has 0 aliphatic carbocycles. The van der Waals surface area contributed by atoms with Crippen molar-refractivity contribution in [1.29, 1.82) is 0 Å². The third-order valence-corrected chi connectivity index (χ3v) is 7.07. The van der Waals surface area contributed by atoms with Gasteiger partial charge in [-0.3, -0.25) is 10.1 Å². The van der Waals surface area contributed by atoms with Gasteiger partial charge in [-0.15, -0.1) is 10.2 Å². The van der Waals surface area contributed by atoms with E-state index < -0.39 is 20.5 Å². The first kappa shape index (κ1) is 22.9. The molecule has 0 atom stereocenters. The summed E-state index contributed by atoms with van der Waals surface area (Å²) in [6.45, 7) is 5.10. The van der Waals surface area contributed by atoms with E-state index in [0.717, 1.165) is 23.4 Å². The van der Waals surface area contributed by atoms with Gasteiger partial charge in [-0.05, 0) is 50.2 Å². The van der Waals surface area contributed by atoms with Crippen molar-refractivity contribution >= 4 is 27.5 Å². The molecule has 0 bridgehead atoms. The van der Waals surface area contributed by atoms with Crippen LogP contribution in [0.5, 0.6) is 0 Å². The lowest BCUT2D eigenvalue weighted by Crippen LogP contribution is -2.40. The van der Waals surface area contributed by atoms with Crippen LogP contribution < -0.4 is 4.72 Å². The second-order valence-electron chi connectivity index (χ2n) is 7.96. The number of nitro groups is 1. The minimum Gasteiger partial charge on any atom is -0.309 e. The number of benzene rings is 2. The maximum atomic E-state index is 12.6. The van der Waals surface area contributed by atoms with Crippen LogP contribution in [-0.2, 0) is 23.5 Å². The molecule has 1 aromatic heterocycles. The Bertz CT molecular complexity index is 1200. The molecule has 9 nitrogen and oxygen atoms in total. The monoisotopic (exact) mass is 461 g/mol. The Hall–Kier alpha value is -2.76. The van der Waals surface area contributed by atoms with Crippen molar-refractivity contribution in [2.24, 2.45) is 7.05 Å². The molecule has 0 unspecified atom stereocenters. The van der Waals surface area contributed by atoms with E-state index in [9.17, 15) is 18.5 Å². The standard InChI is InChI=1S/C20H23N5O4S2/c1-20(2,3)23-31(28,29)15-10-11-17(16(13-15)25(26)27)30-19-22-21-18(24(19)4)12-14-8-6-5-7-9-14/h5-11,13,23H,12H2,1-4H3. The summed E-state index contributed by atoms with van der Waals surface area (Å²) in [7, 11) is -2.11. The van der Waals surface area contributed by atoms with Gasteiger partial charge in [0.05, 0.1) is 14.7 Å². The maximum absolute atomic E-state index is 12.6. The lowest BCUT2D eigenvalue weighted by Gasteiger charge is -2.20. The van der Waals surface area contributed by atoms with E-state index >= 15 is 0 Å². The van der Waals surface area contributed by atoms with Crippen LogP contribution in [0.3, 0.4) is 0 Å². The van der Waals surface area contributed by atoms with E-state index in [-0.39, 0.29) is 15.5 Å². The molecule has 0 saturated carbocycles. The molecule has 0 amide bonds. The van der Waals surface area contributed by atoms with Crippen LogP contribution in [0, 0.1) is 10.1 Å². The molecule has 2 aromatic carbocycles. The van der Waals surface area contributed by atoms with Crippen LogP contribution >= 0.6 is 11.8 Å². The zero-order chi connectivity index (χ0) is 22.8. The molecule has 0 spiro atoms. The topological polar surface area (TPSA) is 120 Å². The number of rotatable bonds is 7. The van der Waals surface area contributed by atoms with Crippen molar-refractivity contribution in [3.05, 3.63) is 70.0 Å². The summed E-state index contributed by atoms with van der Waals surface area (Å²) in [6.07, 6.45) is 0.572. The van der Waals surface area contributed by atoms with Crippen molar-refractivity contribution in [3.8, 4) is 0 Å². The molecule has 164 valence electrons. The Labute approximate surface area is 185 Å². The Morgan fingerprint density at radius 1 is 1.13 bits per heavy atom. The number of hydrogen-bond acceptors (Lipinski definition) is 7. The van der Waals surface area contributed by atoms with Gasteiger partial charge in [0.1, 0.15) is 5.82 Å². The summed E-state index contributed by atoms with van der Waals surface area (Å²) in [5.41, 5.74) is 0.0466. The first-order chi connectivity index (χ1) is 14.5. The van der Waals surface area contributed by atoms with Crippen LogP contribution in [0.25, 0.3) is 0 Å². The first-order valence-electron chi connectivity index (χ1n) is 9.39. The fourth-order valence-electron chi connectivity index (χ4n) is 2.82. The summed E-state index contributed by atoms with van der Waals surface area (Å²) in [5.74, 6) is 0.713. The van der Waals surface area contributed by atoms with Gasteiger partial charge < -0.3 is 4.57 Å². The Morgan fingerprint density at radius 2 is 1.81 bits per heavy atom. The summed E-state index contributed by atoms with van der Waals surface area (Å²) in [6, 6.07) is 13.6. The molecular weight excluding hydrogens is 438 g/mol. The smallest absolute Gasteiger partial charge is 0.284 e. The molecule has 3 aromatic rings. The highest BCUT2D eigenvalue weighted by atomic mass is 32.2. The minimum atomic E-state index is -3.90. The molecule has 0 aliphatic rings. The Balaban J connectivity index is 1.89. The van der Waals surface area contributed by atoms with E-state index in [0.29, 0.717) is 17.4 Å². The third kappa shape index (κ3) is 5.69. The van der Waals surface area contributed by atoms with E-state index in [1.165, 1.54) is 12.1 Å². The highest BCUT2D eigenvalue weighted by Gasteiger charge is 2.26. The molecule has 31 heavy (non-hydrogen) atoms. The lowest BCUT2D eigenvalue weighted by molar-refractivity contribution is -0.388. The average molecular weight is 462 g/mol. The predicted molar refractivity (Wildman–Crippen MR) is 118 cm³/mol. The number of nitrogens with zero attached hydrogens (tertiary/aromatic N) is 4. The van der Waals surface area contributed by atoms with E-state index in [2.05, 4.69) is 14.9 Å². The summed E-state index contributed by atoms with van der Waals surface area (Å²) < 4.78 is 29.4. The van der Waals surface area contributed by atoms with Gasteiger partial charge in [-0.1, -0.05) is 30.3 Å². The molecule has 11 heteroatoms. The largest absolute Gasteiger partial charge is 0.309 e. The van der Waals surface area contributed by atoms with Crippen LogP contribution in [0.15, 0.2) is 63.5 Å². The van der Waals surface area contributed by atoms with Crippen molar-refractivity contribution in [2.45, 2.75) is 47.7 Å². The number of nitro benzene ring substituents is 1. The molecule has 0 fully saturated rings. The molecule has 1 heterocycles. The molecular formula is C20H23N5O4S2. The van der Waals surface area contributed by atoms with Gasteiger partial charge in [0, 0.05) is 25.1 Å². The van der Waals surface area contributed by atoms with Gasteiger partial charge in [-0.2, -0.15) is 0 Å². The first-order valence-corrected chi connectivity index (χ1v) is 11.7. The second-order valence-corrected chi connectivity index (χ2v) is 10.7. The van der Waals surface area contributed by atoms with Crippen LogP contribution in [-0.4, -0.2) is 33.6 Å². The predicted octanol–water partition coefficient (Wildman–Crippen LogP) is 3.54. The summed E-state index contributed by atoms with van der Waals surface area (Å²) >= 11 is 1.07. The molecule has 1 N–H and O–H groups in total. The summed E-state index contributed by atoms with van der Waals surface area (Å²) in [5, 5.41) is 20.5.